The molecule has 170 valence electrons. The second kappa shape index (κ2) is 8.43. The molecule has 1 unspecified atom stereocenters. The number of carbonyl (C=O) groups excluding carboxylic acids is 3. The normalized spacial score (nSPS) is 15.6. The average Bonchev–Trinajstić information content (AvgIpc) is 3.35. The van der Waals surface area contributed by atoms with E-state index in [4.69, 9.17) is 9.57 Å². The van der Waals surface area contributed by atoms with Crippen LogP contribution >= 0.6 is 0 Å². The minimum absolute atomic E-state index is 0.0404. The molecule has 3 aromatic carbocycles. The highest BCUT2D eigenvalue weighted by Gasteiger charge is 2.39. The summed E-state index contributed by atoms with van der Waals surface area (Å²) in [5, 5.41) is 11.6. The summed E-state index contributed by atoms with van der Waals surface area (Å²) >= 11 is 0. The summed E-state index contributed by atoms with van der Waals surface area (Å²) in [5.74, 6) is -1.68. The SMILES string of the molecule is O=C(OC(c1ccc([N+](=O)[O-])cc1)C1c2ccccc2-c2ccccc21)ON1C(=O)CCC1=O. The predicted octanol–water partition coefficient (Wildman–Crippen LogP) is 4.67. The van der Waals surface area contributed by atoms with Crippen molar-refractivity contribution < 1.29 is 28.9 Å². The van der Waals surface area contributed by atoms with Crippen molar-refractivity contribution in [1.82, 2.24) is 5.06 Å². The molecule has 1 aliphatic heterocycles. The van der Waals surface area contributed by atoms with Gasteiger partial charge in [-0.15, -0.1) is 0 Å². The fourth-order valence-corrected chi connectivity index (χ4v) is 4.49. The van der Waals surface area contributed by atoms with E-state index >= 15 is 0 Å². The lowest BCUT2D eigenvalue weighted by atomic mass is 9.87. The number of carbonyl (C=O) groups is 3. The third-order valence-electron chi connectivity index (χ3n) is 6.01. The maximum Gasteiger partial charge on any atom is 0.534 e. The minimum atomic E-state index is -1.21. The highest BCUT2D eigenvalue weighted by Crippen LogP contribution is 2.51. The van der Waals surface area contributed by atoms with Crippen LogP contribution in [0.5, 0.6) is 0 Å². The van der Waals surface area contributed by atoms with Crippen LogP contribution < -0.4 is 0 Å². The van der Waals surface area contributed by atoms with Crippen molar-refractivity contribution in [3.8, 4) is 11.1 Å². The summed E-state index contributed by atoms with van der Waals surface area (Å²) in [4.78, 5) is 52.0. The number of hydrogen-bond donors (Lipinski definition) is 0. The first-order valence-corrected chi connectivity index (χ1v) is 10.6. The standard InChI is InChI=1S/C25H18N2O7/c28-21-13-14-22(29)26(21)34-25(30)33-24(15-9-11-16(12-10-15)27(31)32)23-19-7-3-1-5-17(19)18-6-2-4-8-20(18)23/h1-12,23-24H,13-14H2. The maximum atomic E-state index is 12.7. The second-order valence-corrected chi connectivity index (χ2v) is 7.96. The van der Waals surface area contributed by atoms with E-state index in [1.165, 1.54) is 24.3 Å². The summed E-state index contributed by atoms with van der Waals surface area (Å²) in [7, 11) is 0. The quantitative estimate of drug-likeness (QED) is 0.236. The second-order valence-electron chi connectivity index (χ2n) is 7.96. The van der Waals surface area contributed by atoms with Gasteiger partial charge >= 0.3 is 6.16 Å². The number of nitrogens with zero attached hydrogens (tertiary/aromatic N) is 2. The monoisotopic (exact) mass is 458 g/mol. The zero-order valence-electron chi connectivity index (χ0n) is 17.7. The number of nitro groups is 1. The Balaban J connectivity index is 1.55. The Hall–Kier alpha value is -4.53. The zero-order chi connectivity index (χ0) is 23.8. The van der Waals surface area contributed by atoms with Gasteiger partial charge in [0.1, 0.15) is 6.10 Å². The van der Waals surface area contributed by atoms with Gasteiger partial charge < -0.3 is 4.74 Å². The molecule has 9 heteroatoms. The highest BCUT2D eigenvalue weighted by atomic mass is 16.8. The fourth-order valence-electron chi connectivity index (χ4n) is 4.49. The first kappa shape index (κ1) is 21.3. The lowest BCUT2D eigenvalue weighted by Crippen LogP contribution is -2.33. The molecule has 1 aliphatic carbocycles. The lowest BCUT2D eigenvalue weighted by molar-refractivity contribution is -0.384. The van der Waals surface area contributed by atoms with E-state index in [-0.39, 0.29) is 18.5 Å². The largest absolute Gasteiger partial charge is 0.534 e. The van der Waals surface area contributed by atoms with Crippen LogP contribution in [0.1, 0.15) is 41.6 Å². The van der Waals surface area contributed by atoms with E-state index in [1.807, 2.05) is 48.5 Å². The molecule has 9 nitrogen and oxygen atoms in total. The van der Waals surface area contributed by atoms with Gasteiger partial charge in [0.05, 0.1) is 10.8 Å². The molecular formula is C25H18N2O7. The maximum absolute atomic E-state index is 12.7. The van der Waals surface area contributed by atoms with Gasteiger partial charge in [-0.1, -0.05) is 53.6 Å². The smallest absolute Gasteiger partial charge is 0.423 e. The van der Waals surface area contributed by atoms with E-state index in [1.54, 1.807) is 0 Å². The summed E-state index contributed by atoms with van der Waals surface area (Å²) in [6, 6.07) is 21.1. The van der Waals surface area contributed by atoms with Gasteiger partial charge in [0.15, 0.2) is 0 Å². The highest BCUT2D eigenvalue weighted by molar-refractivity contribution is 6.01. The molecule has 1 heterocycles. The Morgan fingerprint density at radius 2 is 1.41 bits per heavy atom. The molecule has 1 atom stereocenters. The van der Waals surface area contributed by atoms with Gasteiger partial charge in [0.25, 0.3) is 17.5 Å². The predicted molar refractivity (Wildman–Crippen MR) is 118 cm³/mol. The van der Waals surface area contributed by atoms with Gasteiger partial charge in [-0.25, -0.2) is 4.79 Å². The number of rotatable bonds is 5. The van der Waals surface area contributed by atoms with Crippen molar-refractivity contribution in [2.24, 2.45) is 0 Å². The summed E-state index contributed by atoms with van der Waals surface area (Å²) in [6.45, 7) is 0. The lowest BCUT2D eigenvalue weighted by Gasteiger charge is -2.26. The molecule has 3 aromatic rings. The number of nitro benzene ring substituents is 1. The van der Waals surface area contributed by atoms with Crippen LogP contribution in [0.2, 0.25) is 0 Å². The van der Waals surface area contributed by atoms with Crippen molar-refractivity contribution in [3.05, 3.63) is 99.6 Å². The van der Waals surface area contributed by atoms with E-state index < -0.39 is 34.9 Å². The Bertz CT molecular complexity index is 1260. The van der Waals surface area contributed by atoms with Crippen LogP contribution in [-0.2, 0) is 19.2 Å². The number of benzene rings is 3. The first-order valence-electron chi connectivity index (χ1n) is 10.6. The topological polar surface area (TPSA) is 116 Å². The molecular weight excluding hydrogens is 440 g/mol. The van der Waals surface area contributed by atoms with Gasteiger partial charge in [-0.2, -0.15) is 0 Å². The number of non-ortho nitro benzene ring substituents is 1. The van der Waals surface area contributed by atoms with Crippen LogP contribution in [0.4, 0.5) is 10.5 Å². The average molecular weight is 458 g/mol. The summed E-state index contributed by atoms with van der Waals surface area (Å²) < 4.78 is 5.72. The molecule has 0 N–H and O–H groups in total. The number of imide groups is 1. The molecule has 5 rings (SSSR count). The van der Waals surface area contributed by atoms with Gasteiger partial charge in [0.2, 0.25) is 0 Å². The number of hydroxylamine groups is 2. The molecule has 0 radical (unpaired) electrons. The Morgan fingerprint density at radius 3 is 1.94 bits per heavy atom. The summed E-state index contributed by atoms with van der Waals surface area (Å²) in [6.07, 6.45) is -2.23. The molecule has 2 aliphatic rings. The van der Waals surface area contributed by atoms with E-state index in [9.17, 15) is 24.5 Å². The Kier molecular flexibility index (Phi) is 5.29. The first-order chi connectivity index (χ1) is 16.4. The number of fused-ring (bicyclic) bond motifs is 3. The third kappa shape index (κ3) is 3.66. The van der Waals surface area contributed by atoms with Crippen molar-refractivity contribution >= 4 is 23.7 Å². The van der Waals surface area contributed by atoms with Gasteiger partial charge in [0, 0.05) is 25.0 Å². The Morgan fingerprint density at radius 1 is 0.882 bits per heavy atom. The zero-order valence-corrected chi connectivity index (χ0v) is 17.7. The van der Waals surface area contributed by atoms with E-state index in [0.717, 1.165) is 22.3 Å². The van der Waals surface area contributed by atoms with E-state index in [2.05, 4.69) is 0 Å². The van der Waals surface area contributed by atoms with Crippen LogP contribution in [0.25, 0.3) is 11.1 Å². The van der Waals surface area contributed by atoms with Gasteiger partial charge in [-0.05, 0) is 39.9 Å². The van der Waals surface area contributed by atoms with Crippen LogP contribution in [0, 0.1) is 10.1 Å². The molecule has 34 heavy (non-hydrogen) atoms. The fraction of sp³-hybridized carbons (Fsp3) is 0.160. The number of ether oxygens (including phenoxy) is 1. The minimum Gasteiger partial charge on any atom is -0.423 e. The summed E-state index contributed by atoms with van der Waals surface area (Å²) in [5.41, 5.74) is 4.18. The number of hydrogen-bond acceptors (Lipinski definition) is 7. The van der Waals surface area contributed by atoms with Crippen LogP contribution in [0.15, 0.2) is 72.8 Å². The number of amides is 2. The van der Waals surface area contributed by atoms with Gasteiger partial charge in [-0.3, -0.25) is 24.5 Å². The molecule has 1 fully saturated rings. The molecule has 2 amide bonds. The van der Waals surface area contributed by atoms with Crippen LogP contribution in [-0.4, -0.2) is 28.0 Å². The van der Waals surface area contributed by atoms with Crippen molar-refractivity contribution in [2.45, 2.75) is 24.9 Å². The van der Waals surface area contributed by atoms with Crippen molar-refractivity contribution in [2.75, 3.05) is 0 Å². The van der Waals surface area contributed by atoms with Crippen molar-refractivity contribution in [3.63, 3.8) is 0 Å². The van der Waals surface area contributed by atoms with E-state index in [0.29, 0.717) is 10.6 Å². The molecule has 0 bridgehead atoms. The molecule has 1 saturated heterocycles. The van der Waals surface area contributed by atoms with Crippen molar-refractivity contribution in [1.29, 1.82) is 0 Å². The molecule has 0 saturated carbocycles. The van der Waals surface area contributed by atoms with Crippen LogP contribution in [0.3, 0.4) is 0 Å². The third-order valence-corrected chi connectivity index (χ3v) is 6.01. The molecule has 0 spiro atoms. The molecule has 0 aromatic heterocycles. The Labute approximate surface area is 193 Å².